The van der Waals surface area contributed by atoms with Crippen molar-refractivity contribution in [2.45, 2.75) is 32.1 Å². The van der Waals surface area contributed by atoms with Gasteiger partial charge < -0.3 is 10.6 Å². The molecule has 1 aromatic heterocycles. The lowest BCUT2D eigenvalue weighted by Gasteiger charge is -2.20. The Morgan fingerprint density at radius 1 is 1.08 bits per heavy atom. The molecule has 0 aliphatic carbocycles. The van der Waals surface area contributed by atoms with Gasteiger partial charge in [0.1, 0.15) is 5.82 Å². The minimum absolute atomic E-state index is 0. The lowest BCUT2D eigenvalue weighted by Crippen LogP contribution is -2.38. The van der Waals surface area contributed by atoms with Crippen LogP contribution in [0.3, 0.4) is 0 Å². The number of likely N-dealkylation sites (tertiary alicyclic amines) is 1. The van der Waals surface area contributed by atoms with Gasteiger partial charge in [0.05, 0.1) is 11.4 Å². The zero-order valence-corrected chi connectivity index (χ0v) is 16.6. The van der Waals surface area contributed by atoms with Crippen LogP contribution in [0.25, 0.3) is 5.69 Å². The summed E-state index contributed by atoms with van der Waals surface area (Å²) in [6, 6.07) is 8.25. The molecule has 2 heterocycles. The molecule has 1 aliphatic rings. The SMILES string of the molecule is I.NC(=NCCc1ccn(-c2ccc(F)cc2)n1)N1CCCCCC1. The number of nitrogens with two attached hydrogens (primary N) is 1. The first kappa shape index (κ1) is 19.7. The summed E-state index contributed by atoms with van der Waals surface area (Å²) < 4.78 is 14.7. The van der Waals surface area contributed by atoms with E-state index < -0.39 is 0 Å². The van der Waals surface area contributed by atoms with Crippen molar-refractivity contribution in [3.63, 3.8) is 0 Å². The Bertz CT molecular complexity index is 675. The molecule has 3 rings (SSSR count). The molecule has 136 valence electrons. The topological polar surface area (TPSA) is 59.4 Å². The van der Waals surface area contributed by atoms with Crippen LogP contribution in [0.2, 0.25) is 0 Å². The molecule has 0 bridgehead atoms. The van der Waals surface area contributed by atoms with Gasteiger partial charge in [-0.25, -0.2) is 9.07 Å². The first-order valence-corrected chi connectivity index (χ1v) is 8.58. The summed E-state index contributed by atoms with van der Waals surface area (Å²) in [5.41, 5.74) is 7.90. The van der Waals surface area contributed by atoms with Crippen molar-refractivity contribution in [3.8, 4) is 5.69 Å². The molecule has 1 aliphatic heterocycles. The third-order valence-corrected chi connectivity index (χ3v) is 4.31. The Hall–Kier alpha value is -1.64. The van der Waals surface area contributed by atoms with Gasteiger partial charge in [0.2, 0.25) is 0 Å². The fourth-order valence-electron chi connectivity index (χ4n) is 2.92. The number of aromatic nitrogens is 2. The number of aliphatic imine (C=N–C) groups is 1. The maximum Gasteiger partial charge on any atom is 0.191 e. The summed E-state index contributed by atoms with van der Waals surface area (Å²) in [5, 5.41) is 4.51. The Balaban J connectivity index is 0.00000225. The molecule has 1 aromatic carbocycles. The number of benzene rings is 1. The van der Waals surface area contributed by atoms with E-state index in [0.717, 1.165) is 30.9 Å². The molecule has 0 radical (unpaired) electrons. The van der Waals surface area contributed by atoms with Gasteiger partial charge in [0.25, 0.3) is 0 Å². The third kappa shape index (κ3) is 5.69. The van der Waals surface area contributed by atoms with Crippen LogP contribution in [0.15, 0.2) is 41.5 Å². The average Bonchev–Trinajstić information content (AvgIpc) is 2.89. The van der Waals surface area contributed by atoms with Gasteiger partial charge >= 0.3 is 0 Å². The van der Waals surface area contributed by atoms with Gasteiger partial charge in [-0.05, 0) is 43.2 Å². The van der Waals surface area contributed by atoms with E-state index in [0.29, 0.717) is 12.5 Å². The maximum absolute atomic E-state index is 13.0. The summed E-state index contributed by atoms with van der Waals surface area (Å²) in [7, 11) is 0. The van der Waals surface area contributed by atoms with Crippen molar-refractivity contribution in [1.29, 1.82) is 0 Å². The van der Waals surface area contributed by atoms with E-state index in [1.165, 1.54) is 37.8 Å². The number of rotatable bonds is 4. The molecule has 0 amide bonds. The summed E-state index contributed by atoms with van der Waals surface area (Å²) in [5.74, 6) is 0.402. The monoisotopic (exact) mass is 457 g/mol. The summed E-state index contributed by atoms with van der Waals surface area (Å²) >= 11 is 0. The highest BCUT2D eigenvalue weighted by atomic mass is 127. The molecule has 0 spiro atoms. The number of hydrogen-bond acceptors (Lipinski definition) is 2. The van der Waals surface area contributed by atoms with Crippen molar-refractivity contribution in [3.05, 3.63) is 48.0 Å². The van der Waals surface area contributed by atoms with Gasteiger partial charge in [-0.3, -0.25) is 4.99 Å². The number of guanidine groups is 1. The Morgan fingerprint density at radius 3 is 2.44 bits per heavy atom. The van der Waals surface area contributed by atoms with Crippen LogP contribution in [0.5, 0.6) is 0 Å². The summed E-state index contributed by atoms with van der Waals surface area (Å²) in [4.78, 5) is 6.68. The highest BCUT2D eigenvalue weighted by Crippen LogP contribution is 2.10. The van der Waals surface area contributed by atoms with Crippen LogP contribution in [-0.2, 0) is 6.42 Å². The summed E-state index contributed by atoms with van der Waals surface area (Å²) in [6.45, 7) is 2.64. The lowest BCUT2D eigenvalue weighted by atomic mass is 10.2. The zero-order chi connectivity index (χ0) is 16.8. The fourth-order valence-corrected chi connectivity index (χ4v) is 2.92. The van der Waals surface area contributed by atoms with Crippen LogP contribution in [-0.4, -0.2) is 40.3 Å². The Labute approximate surface area is 165 Å². The number of nitrogens with zero attached hydrogens (tertiary/aromatic N) is 4. The standard InChI is InChI=1S/C18H24FN5.HI/c19-15-5-7-17(8-6-15)24-14-10-16(22-24)9-11-21-18(20)23-12-3-1-2-4-13-23;/h5-8,10,14H,1-4,9,11-13H2,(H2,20,21);1H. The average molecular weight is 457 g/mol. The zero-order valence-electron chi connectivity index (χ0n) is 14.3. The second-order valence-electron chi connectivity index (χ2n) is 6.12. The first-order valence-electron chi connectivity index (χ1n) is 8.58. The van der Waals surface area contributed by atoms with Crippen LogP contribution >= 0.6 is 24.0 Å². The van der Waals surface area contributed by atoms with Gasteiger partial charge in [-0.1, -0.05) is 12.8 Å². The smallest absolute Gasteiger partial charge is 0.191 e. The highest BCUT2D eigenvalue weighted by Gasteiger charge is 2.10. The quantitative estimate of drug-likeness (QED) is 0.435. The van der Waals surface area contributed by atoms with Gasteiger partial charge in [-0.2, -0.15) is 5.10 Å². The van der Waals surface area contributed by atoms with Crippen LogP contribution in [0.1, 0.15) is 31.4 Å². The predicted octanol–water partition coefficient (Wildman–Crippen LogP) is 3.36. The Morgan fingerprint density at radius 2 is 1.76 bits per heavy atom. The minimum atomic E-state index is -0.246. The van der Waals surface area contributed by atoms with Crippen molar-refractivity contribution in [1.82, 2.24) is 14.7 Å². The van der Waals surface area contributed by atoms with E-state index in [-0.39, 0.29) is 29.8 Å². The molecular weight excluding hydrogens is 432 g/mol. The van der Waals surface area contributed by atoms with Crippen LogP contribution in [0.4, 0.5) is 4.39 Å². The van der Waals surface area contributed by atoms with E-state index in [2.05, 4.69) is 15.0 Å². The lowest BCUT2D eigenvalue weighted by molar-refractivity contribution is 0.428. The second-order valence-corrected chi connectivity index (χ2v) is 6.12. The molecule has 7 heteroatoms. The summed E-state index contributed by atoms with van der Waals surface area (Å²) in [6.07, 6.45) is 7.57. The molecule has 5 nitrogen and oxygen atoms in total. The van der Waals surface area contributed by atoms with Crippen LogP contribution < -0.4 is 5.73 Å². The third-order valence-electron chi connectivity index (χ3n) is 4.31. The molecule has 2 aromatic rings. The number of halogens is 2. The minimum Gasteiger partial charge on any atom is -0.370 e. The molecule has 0 atom stereocenters. The molecule has 0 saturated carbocycles. The normalized spacial score (nSPS) is 15.6. The van der Waals surface area contributed by atoms with E-state index in [9.17, 15) is 4.39 Å². The Kier molecular flexibility index (Phi) is 7.67. The molecular formula is C18H25FIN5. The predicted molar refractivity (Wildman–Crippen MR) is 109 cm³/mol. The van der Waals surface area contributed by atoms with Crippen molar-refractivity contribution in [2.24, 2.45) is 10.7 Å². The molecule has 2 N–H and O–H groups in total. The molecule has 1 fully saturated rings. The maximum atomic E-state index is 13.0. The van der Waals surface area contributed by atoms with E-state index in [1.807, 2.05) is 12.3 Å². The van der Waals surface area contributed by atoms with Crippen molar-refractivity contribution in [2.75, 3.05) is 19.6 Å². The van der Waals surface area contributed by atoms with Crippen molar-refractivity contribution >= 4 is 29.9 Å². The van der Waals surface area contributed by atoms with Gasteiger partial charge in [0.15, 0.2) is 5.96 Å². The number of hydrogen-bond donors (Lipinski definition) is 1. The van der Waals surface area contributed by atoms with E-state index in [1.54, 1.807) is 16.8 Å². The molecule has 0 unspecified atom stereocenters. The van der Waals surface area contributed by atoms with Crippen LogP contribution in [0, 0.1) is 5.82 Å². The second kappa shape index (κ2) is 9.74. The highest BCUT2D eigenvalue weighted by molar-refractivity contribution is 14.0. The van der Waals surface area contributed by atoms with Gasteiger partial charge in [-0.15, -0.1) is 24.0 Å². The van der Waals surface area contributed by atoms with Crippen molar-refractivity contribution < 1.29 is 4.39 Å². The van der Waals surface area contributed by atoms with E-state index >= 15 is 0 Å². The van der Waals surface area contributed by atoms with E-state index in [4.69, 9.17) is 5.73 Å². The fraction of sp³-hybridized carbons (Fsp3) is 0.444. The molecule has 25 heavy (non-hydrogen) atoms. The largest absolute Gasteiger partial charge is 0.370 e. The first-order chi connectivity index (χ1) is 11.7. The molecule has 1 saturated heterocycles. The van der Waals surface area contributed by atoms with Gasteiger partial charge in [0, 0.05) is 32.3 Å².